The second-order valence-corrected chi connectivity index (χ2v) is 7.16. The van der Waals surface area contributed by atoms with Crippen molar-refractivity contribution in [2.45, 2.75) is 26.4 Å². The minimum atomic E-state index is -0.490. The first-order chi connectivity index (χ1) is 14.0. The van der Waals surface area contributed by atoms with Gasteiger partial charge in [0.1, 0.15) is 0 Å². The molecule has 0 spiro atoms. The highest BCUT2D eigenvalue weighted by Gasteiger charge is 2.19. The molecule has 0 fully saturated rings. The van der Waals surface area contributed by atoms with Gasteiger partial charge in [-0.2, -0.15) is 0 Å². The van der Waals surface area contributed by atoms with Gasteiger partial charge in [0.2, 0.25) is 0 Å². The molecule has 7 heteroatoms. The Balaban J connectivity index is 1.82. The van der Waals surface area contributed by atoms with Crippen LogP contribution in [0.15, 0.2) is 66.9 Å². The van der Waals surface area contributed by atoms with Crippen LogP contribution in [-0.2, 0) is 13.1 Å². The van der Waals surface area contributed by atoms with E-state index in [0.29, 0.717) is 30.2 Å². The lowest BCUT2D eigenvalue weighted by Gasteiger charge is -2.23. The summed E-state index contributed by atoms with van der Waals surface area (Å²) in [6, 6.07) is 17.4. The lowest BCUT2D eigenvalue weighted by Crippen LogP contribution is -2.32. The summed E-state index contributed by atoms with van der Waals surface area (Å²) in [5.74, 6) is -0.221. The topological polar surface area (TPSA) is 68.4 Å². The van der Waals surface area contributed by atoms with Crippen molar-refractivity contribution in [3.8, 4) is 0 Å². The number of nitrogens with zero attached hydrogens (tertiary/aromatic N) is 3. The number of carbonyl (C=O) groups excluding carboxylic acids is 1. The standard InChI is InChI=1S/C22H22ClN3O3/c1-2-12-25(22(27)17-8-5-9-19(14-17)26(28)29)16-20-10-6-13-24(20)15-18-7-3-4-11-21(18)23/h3-11,13-14H,2,12,15-16H2,1H3. The fraction of sp³-hybridized carbons (Fsp3) is 0.227. The van der Waals surface area contributed by atoms with Gasteiger partial charge in [-0.3, -0.25) is 14.9 Å². The van der Waals surface area contributed by atoms with Gasteiger partial charge in [-0.15, -0.1) is 0 Å². The zero-order chi connectivity index (χ0) is 20.8. The summed E-state index contributed by atoms with van der Waals surface area (Å²) in [5.41, 5.74) is 2.20. The van der Waals surface area contributed by atoms with Gasteiger partial charge < -0.3 is 9.47 Å². The van der Waals surface area contributed by atoms with Gasteiger partial charge in [0.05, 0.1) is 11.5 Å². The van der Waals surface area contributed by atoms with Gasteiger partial charge in [-0.25, -0.2) is 0 Å². The van der Waals surface area contributed by atoms with E-state index < -0.39 is 4.92 Å². The molecule has 0 saturated heterocycles. The van der Waals surface area contributed by atoms with Gasteiger partial charge in [0, 0.05) is 47.7 Å². The predicted molar refractivity (Wildman–Crippen MR) is 113 cm³/mol. The van der Waals surface area contributed by atoms with E-state index in [4.69, 9.17) is 11.6 Å². The highest BCUT2D eigenvalue weighted by Crippen LogP contribution is 2.20. The lowest BCUT2D eigenvalue weighted by molar-refractivity contribution is -0.384. The first kappa shape index (κ1) is 20.6. The molecule has 0 bridgehead atoms. The van der Waals surface area contributed by atoms with E-state index in [-0.39, 0.29) is 11.6 Å². The number of nitro groups is 1. The van der Waals surface area contributed by atoms with E-state index in [9.17, 15) is 14.9 Å². The number of aromatic nitrogens is 1. The van der Waals surface area contributed by atoms with Crippen LogP contribution in [-0.4, -0.2) is 26.8 Å². The number of halogens is 1. The molecular weight excluding hydrogens is 390 g/mol. The van der Waals surface area contributed by atoms with Crippen molar-refractivity contribution < 1.29 is 9.72 Å². The van der Waals surface area contributed by atoms with Crippen molar-refractivity contribution in [3.05, 3.63) is 98.8 Å². The Morgan fingerprint density at radius 3 is 2.66 bits per heavy atom. The molecule has 3 aromatic rings. The van der Waals surface area contributed by atoms with Crippen molar-refractivity contribution in [1.82, 2.24) is 9.47 Å². The molecule has 0 saturated carbocycles. The number of non-ortho nitro benzene ring substituents is 1. The fourth-order valence-electron chi connectivity index (χ4n) is 3.21. The van der Waals surface area contributed by atoms with Crippen molar-refractivity contribution in [1.29, 1.82) is 0 Å². The number of amides is 1. The average molecular weight is 412 g/mol. The van der Waals surface area contributed by atoms with E-state index in [2.05, 4.69) is 4.57 Å². The third kappa shape index (κ3) is 5.03. The molecule has 29 heavy (non-hydrogen) atoms. The minimum absolute atomic E-state index is 0.0885. The quantitative estimate of drug-likeness (QED) is 0.380. The molecule has 1 heterocycles. The maximum Gasteiger partial charge on any atom is 0.270 e. The molecule has 3 rings (SSSR count). The van der Waals surface area contributed by atoms with Crippen LogP contribution in [0.3, 0.4) is 0 Å². The summed E-state index contributed by atoms with van der Waals surface area (Å²) in [7, 11) is 0. The van der Waals surface area contributed by atoms with E-state index in [1.54, 1.807) is 11.0 Å². The normalized spacial score (nSPS) is 10.7. The van der Waals surface area contributed by atoms with Crippen molar-refractivity contribution in [3.63, 3.8) is 0 Å². The maximum atomic E-state index is 13.0. The van der Waals surface area contributed by atoms with E-state index in [1.807, 2.05) is 49.5 Å². The third-order valence-electron chi connectivity index (χ3n) is 4.66. The Morgan fingerprint density at radius 1 is 1.14 bits per heavy atom. The zero-order valence-corrected chi connectivity index (χ0v) is 16.9. The van der Waals surface area contributed by atoms with Crippen LogP contribution in [0.4, 0.5) is 5.69 Å². The molecule has 150 valence electrons. The molecule has 0 aliphatic rings. The highest BCUT2D eigenvalue weighted by atomic mass is 35.5. The maximum absolute atomic E-state index is 13.0. The molecule has 0 unspecified atom stereocenters. The number of nitro benzene ring substituents is 1. The van der Waals surface area contributed by atoms with Crippen LogP contribution in [0.5, 0.6) is 0 Å². The van der Waals surface area contributed by atoms with Gasteiger partial charge in [-0.1, -0.05) is 42.8 Å². The summed E-state index contributed by atoms with van der Waals surface area (Å²) in [4.78, 5) is 25.3. The molecule has 0 radical (unpaired) electrons. The zero-order valence-electron chi connectivity index (χ0n) is 16.1. The SMILES string of the molecule is CCCN(Cc1cccn1Cc1ccccc1Cl)C(=O)c1cccc([N+](=O)[O-])c1. The van der Waals surface area contributed by atoms with Gasteiger partial charge in [-0.05, 0) is 36.2 Å². The number of benzene rings is 2. The summed E-state index contributed by atoms with van der Waals surface area (Å²) >= 11 is 6.29. The number of hydrogen-bond acceptors (Lipinski definition) is 3. The number of carbonyl (C=O) groups is 1. The molecule has 0 aliphatic heterocycles. The first-order valence-electron chi connectivity index (χ1n) is 9.40. The summed E-state index contributed by atoms with van der Waals surface area (Å²) in [6.07, 6.45) is 2.74. The molecule has 1 amide bonds. The van der Waals surface area contributed by atoms with Crippen LogP contribution in [0.25, 0.3) is 0 Å². The van der Waals surface area contributed by atoms with E-state index in [1.165, 1.54) is 18.2 Å². The Hall–Kier alpha value is -3.12. The predicted octanol–water partition coefficient (Wildman–Crippen LogP) is 5.15. The van der Waals surface area contributed by atoms with Gasteiger partial charge in [0.15, 0.2) is 0 Å². The van der Waals surface area contributed by atoms with Crippen LogP contribution in [0, 0.1) is 10.1 Å². The minimum Gasteiger partial charge on any atom is -0.345 e. The second kappa shape index (κ2) is 9.39. The molecule has 0 aliphatic carbocycles. The molecule has 6 nitrogen and oxygen atoms in total. The monoisotopic (exact) mass is 411 g/mol. The van der Waals surface area contributed by atoms with Crippen LogP contribution in [0.1, 0.15) is 35.0 Å². The van der Waals surface area contributed by atoms with Crippen molar-refractivity contribution in [2.24, 2.45) is 0 Å². The number of rotatable bonds is 8. The highest BCUT2D eigenvalue weighted by molar-refractivity contribution is 6.31. The first-order valence-corrected chi connectivity index (χ1v) is 9.78. The summed E-state index contributed by atoms with van der Waals surface area (Å²) < 4.78 is 2.06. The molecule has 0 atom stereocenters. The second-order valence-electron chi connectivity index (χ2n) is 6.75. The van der Waals surface area contributed by atoms with Crippen LogP contribution < -0.4 is 0 Å². The molecule has 1 aromatic heterocycles. The van der Waals surface area contributed by atoms with E-state index in [0.717, 1.165) is 17.7 Å². The van der Waals surface area contributed by atoms with Gasteiger partial charge in [0.25, 0.3) is 11.6 Å². The van der Waals surface area contributed by atoms with Crippen LogP contribution >= 0.6 is 11.6 Å². The van der Waals surface area contributed by atoms with Gasteiger partial charge >= 0.3 is 0 Å². The van der Waals surface area contributed by atoms with Crippen LogP contribution in [0.2, 0.25) is 5.02 Å². The van der Waals surface area contributed by atoms with E-state index >= 15 is 0 Å². The fourth-order valence-corrected chi connectivity index (χ4v) is 3.41. The lowest BCUT2D eigenvalue weighted by atomic mass is 10.1. The molecular formula is C22H22ClN3O3. The Bertz CT molecular complexity index is 1020. The Kier molecular flexibility index (Phi) is 6.67. The van der Waals surface area contributed by atoms with Crippen molar-refractivity contribution in [2.75, 3.05) is 6.54 Å². The summed E-state index contributed by atoms with van der Waals surface area (Å²) in [6.45, 7) is 3.56. The number of hydrogen-bond donors (Lipinski definition) is 0. The van der Waals surface area contributed by atoms with Crippen molar-refractivity contribution >= 4 is 23.2 Å². The molecule has 0 N–H and O–H groups in total. The Labute approximate surface area is 174 Å². The molecule has 2 aromatic carbocycles. The third-order valence-corrected chi connectivity index (χ3v) is 5.03. The smallest absolute Gasteiger partial charge is 0.270 e. The average Bonchev–Trinajstić information content (AvgIpc) is 3.15. The summed E-state index contributed by atoms with van der Waals surface area (Å²) in [5, 5.41) is 11.7. The largest absolute Gasteiger partial charge is 0.345 e. The Morgan fingerprint density at radius 2 is 1.93 bits per heavy atom.